The summed E-state index contributed by atoms with van der Waals surface area (Å²) in [6, 6.07) is 16.4. The molecule has 12 nitrogen and oxygen atoms in total. The monoisotopic (exact) mass is 543 g/mol. The maximum Gasteiger partial charge on any atom is 0.338 e. The zero-order valence-corrected chi connectivity index (χ0v) is 21.6. The smallest absolute Gasteiger partial charge is 0.338 e. The van der Waals surface area contributed by atoms with Crippen LogP contribution in [0.1, 0.15) is 26.3 Å². The van der Waals surface area contributed by atoms with Crippen LogP contribution in [0.25, 0.3) is 38.9 Å². The van der Waals surface area contributed by atoms with Crippen LogP contribution in [0.15, 0.2) is 61.2 Å². The molecule has 0 bridgehead atoms. The van der Waals surface area contributed by atoms with E-state index in [4.69, 9.17) is 14.2 Å². The summed E-state index contributed by atoms with van der Waals surface area (Å²) in [7, 11) is 0. The largest absolute Gasteiger partial charge is 0.492 e. The normalized spacial score (nSPS) is 11.6. The molecule has 0 radical (unpaired) electrons. The van der Waals surface area contributed by atoms with Crippen LogP contribution < -0.4 is 0 Å². The molecule has 0 saturated heterocycles. The third-order valence-electron chi connectivity index (χ3n) is 6.81. The van der Waals surface area contributed by atoms with Crippen LogP contribution in [0.5, 0.6) is 0 Å². The number of aromatic amines is 6. The molecule has 3 aromatic carbocycles. The van der Waals surface area contributed by atoms with Crippen molar-refractivity contribution in [2.45, 2.75) is 0 Å². The summed E-state index contributed by atoms with van der Waals surface area (Å²) < 4.78 is 16.9. The lowest BCUT2D eigenvalue weighted by Crippen LogP contribution is -2.34. The van der Waals surface area contributed by atoms with E-state index in [0.29, 0.717) is 43.1 Å². The Balaban J connectivity index is 1.01. The molecule has 0 aliphatic carbocycles. The fourth-order valence-corrected chi connectivity index (χ4v) is 4.33. The molecule has 0 aliphatic heterocycles. The summed E-state index contributed by atoms with van der Waals surface area (Å²) in [5.41, 5.74) is 7.44. The second kappa shape index (κ2) is 10.9. The fraction of sp³-hybridized carbons (Fsp3) is 0.214. The fourth-order valence-electron chi connectivity index (χ4n) is 4.33. The van der Waals surface area contributed by atoms with E-state index in [1.807, 2.05) is 35.2 Å². The van der Waals surface area contributed by atoms with Gasteiger partial charge in [-0.2, -0.15) is 0 Å². The van der Waals surface area contributed by atoms with Crippen molar-refractivity contribution in [2.24, 2.45) is 0 Å². The minimum atomic E-state index is -0.403. The minimum Gasteiger partial charge on any atom is -0.492 e. The van der Waals surface area contributed by atoms with Crippen molar-refractivity contribution in [3.05, 3.63) is 77.9 Å². The lowest BCUT2D eigenvalue weighted by molar-refractivity contribution is 0.0381. The van der Waals surface area contributed by atoms with Gasteiger partial charge in [-0.25, -0.2) is 9.59 Å². The van der Waals surface area contributed by atoms with Gasteiger partial charge in [-0.15, -0.1) is 0 Å². The van der Waals surface area contributed by atoms with E-state index < -0.39 is 11.9 Å². The van der Waals surface area contributed by atoms with E-state index in [2.05, 4.69) is 37.2 Å². The van der Waals surface area contributed by atoms with Crippen LogP contribution in [0.2, 0.25) is 0 Å². The number of H-pyrrole nitrogens is 6. The number of hydrogen-bond donors (Lipinski definition) is 6. The molecule has 0 fully saturated rings. The average molecular weight is 544 g/mol. The van der Waals surface area contributed by atoms with Gasteiger partial charge in [0.05, 0.1) is 44.2 Å². The average Bonchev–Trinajstić information content (AvgIpc) is 2.90. The molecular formula is C28H29N7O5. The number of carbonyl (C=O) groups excluding carboxylic acids is 2. The molecule has 3 aromatic heterocycles. The number of fused-ring (bicyclic) bond motifs is 3. The summed E-state index contributed by atoms with van der Waals surface area (Å²) in [5.74, 6) is -0.248. The van der Waals surface area contributed by atoms with Gasteiger partial charge >= 0.3 is 11.9 Å². The predicted octanol–water partition coefficient (Wildman–Crippen LogP) is 4.12. The van der Waals surface area contributed by atoms with Crippen LogP contribution >= 0.6 is 0 Å². The van der Waals surface area contributed by atoms with E-state index in [0.717, 1.165) is 38.7 Å². The van der Waals surface area contributed by atoms with Gasteiger partial charge in [0, 0.05) is 25.2 Å². The van der Waals surface area contributed by atoms with Gasteiger partial charge in [0.15, 0.2) is 0 Å². The van der Waals surface area contributed by atoms with Crippen molar-refractivity contribution in [3.63, 3.8) is 0 Å². The topological polar surface area (TPSA) is 160 Å². The molecule has 0 saturated carbocycles. The molecule has 3 heterocycles. The van der Waals surface area contributed by atoms with E-state index >= 15 is 0 Å². The zero-order chi connectivity index (χ0) is 27.5. The Hall–Kier alpha value is -5.10. The van der Waals surface area contributed by atoms with E-state index in [-0.39, 0.29) is 13.2 Å². The first-order valence-corrected chi connectivity index (χ1v) is 12.9. The number of hydrogen-bond acceptors (Lipinski definition) is 6. The molecule has 6 N–H and O–H groups in total. The number of benzene rings is 3. The van der Waals surface area contributed by atoms with Crippen molar-refractivity contribution in [3.8, 4) is 0 Å². The maximum atomic E-state index is 12.5. The summed E-state index contributed by atoms with van der Waals surface area (Å²) in [5, 5.41) is 17.7. The Kier molecular flexibility index (Phi) is 6.89. The van der Waals surface area contributed by atoms with Crippen LogP contribution in [0, 0.1) is 0 Å². The highest BCUT2D eigenvalue weighted by molar-refractivity contribution is 5.94. The number of nitrogens with one attached hydrogen (secondary N) is 6. The lowest BCUT2D eigenvalue weighted by atomic mass is 10.1. The van der Waals surface area contributed by atoms with Crippen molar-refractivity contribution in [1.29, 1.82) is 0 Å². The highest BCUT2D eigenvalue weighted by Gasteiger charge is 2.14. The molecule has 0 spiro atoms. The number of esters is 2. The molecule has 12 heteroatoms. The second-order valence-corrected chi connectivity index (χ2v) is 9.42. The van der Waals surface area contributed by atoms with Gasteiger partial charge in [0.25, 0.3) is 0 Å². The van der Waals surface area contributed by atoms with Gasteiger partial charge in [-0.05, 0) is 54.6 Å². The lowest BCUT2D eigenvalue weighted by Gasteiger charge is -2.22. The number of rotatable bonds is 13. The molecule has 0 unspecified atom stereocenters. The van der Waals surface area contributed by atoms with Crippen LogP contribution in [0.3, 0.4) is 0 Å². The van der Waals surface area contributed by atoms with Crippen LogP contribution in [0.4, 0.5) is 0 Å². The van der Waals surface area contributed by atoms with E-state index in [1.165, 1.54) is 0 Å². The predicted molar refractivity (Wildman–Crippen MR) is 150 cm³/mol. The van der Waals surface area contributed by atoms with E-state index in [1.54, 1.807) is 24.3 Å². The maximum absolute atomic E-state index is 12.5. The van der Waals surface area contributed by atoms with Gasteiger partial charge in [0.1, 0.15) is 25.6 Å². The highest BCUT2D eigenvalue weighted by Crippen LogP contribution is 2.19. The molecular weight excluding hydrogens is 514 g/mol. The van der Waals surface area contributed by atoms with Gasteiger partial charge in [-0.1, -0.05) is 6.58 Å². The molecule has 0 amide bonds. The van der Waals surface area contributed by atoms with Crippen molar-refractivity contribution >= 4 is 50.8 Å². The first kappa shape index (κ1) is 25.2. The highest BCUT2D eigenvalue weighted by atomic mass is 16.5. The number of carbonyl (C=O) groups is 2. The SMILES string of the molecule is C=C(OCCN(CCOC(=O)c1ccc2[nH][nH]c2c1)CCOC(=O)c1ccc2[nH][nH]c2c1)c1ccc2[nH][nH]c2c1. The van der Waals surface area contributed by atoms with E-state index in [9.17, 15) is 9.59 Å². The molecule has 40 heavy (non-hydrogen) atoms. The first-order valence-electron chi connectivity index (χ1n) is 12.9. The molecule has 6 aromatic rings. The van der Waals surface area contributed by atoms with Crippen molar-refractivity contribution in [2.75, 3.05) is 39.5 Å². The molecule has 6 rings (SSSR count). The Labute approximate surface area is 227 Å². The standard InChI is InChI=1S/C28H29N7O5/c1-17(18-2-5-21-24(14-18)32-29-21)38-11-8-35(9-12-39-27(36)19-3-6-22-25(15-19)33-30-22)10-13-40-28(37)20-4-7-23-26(16-20)34-31-23/h2-7,14-16,29-34H,1,8-13H2. The summed E-state index contributed by atoms with van der Waals surface area (Å²) >= 11 is 0. The zero-order valence-electron chi connectivity index (χ0n) is 21.6. The summed E-state index contributed by atoms with van der Waals surface area (Å²) in [6.07, 6.45) is 0. The Morgan fingerprint density at radius 2 is 0.925 bits per heavy atom. The van der Waals surface area contributed by atoms with Gasteiger partial charge in [-0.3, -0.25) is 35.5 Å². The Bertz CT molecular complexity index is 1570. The molecule has 206 valence electrons. The summed E-state index contributed by atoms with van der Waals surface area (Å²) in [6.45, 7) is 6.13. The van der Waals surface area contributed by atoms with Gasteiger partial charge in [0.2, 0.25) is 0 Å². The number of ether oxygens (including phenoxy) is 3. The molecule has 0 atom stereocenters. The quantitative estimate of drug-likeness (QED) is 0.0949. The van der Waals surface area contributed by atoms with Crippen molar-refractivity contribution in [1.82, 2.24) is 35.5 Å². The second-order valence-electron chi connectivity index (χ2n) is 9.42. The van der Waals surface area contributed by atoms with Crippen molar-refractivity contribution < 1.29 is 23.8 Å². The third-order valence-corrected chi connectivity index (χ3v) is 6.81. The number of aromatic nitrogens is 6. The van der Waals surface area contributed by atoms with Crippen LogP contribution in [-0.4, -0.2) is 86.9 Å². The number of nitrogens with zero attached hydrogens (tertiary/aromatic N) is 1. The first-order chi connectivity index (χ1) is 19.5. The summed E-state index contributed by atoms with van der Waals surface area (Å²) in [4.78, 5) is 27.1. The minimum absolute atomic E-state index is 0.170. The third kappa shape index (κ3) is 5.38. The van der Waals surface area contributed by atoms with Crippen LogP contribution in [-0.2, 0) is 14.2 Å². The molecule has 0 aliphatic rings. The van der Waals surface area contributed by atoms with Gasteiger partial charge < -0.3 is 14.2 Å². The Morgan fingerprint density at radius 3 is 1.32 bits per heavy atom. The Morgan fingerprint density at radius 1 is 0.550 bits per heavy atom.